The zero-order valence-electron chi connectivity index (χ0n) is 15.1. The molecular formula is C21H22N2O2S. The third kappa shape index (κ3) is 2.76. The zero-order valence-corrected chi connectivity index (χ0v) is 15.9. The van der Waals surface area contributed by atoms with Crippen molar-refractivity contribution in [3.05, 3.63) is 57.9 Å². The lowest BCUT2D eigenvalue weighted by Crippen LogP contribution is -2.38. The van der Waals surface area contributed by atoms with E-state index in [1.54, 1.807) is 0 Å². The number of amides is 2. The summed E-state index contributed by atoms with van der Waals surface area (Å²) in [6, 6.07) is 11.4. The van der Waals surface area contributed by atoms with E-state index < -0.39 is 0 Å². The van der Waals surface area contributed by atoms with Gasteiger partial charge < -0.3 is 4.90 Å². The summed E-state index contributed by atoms with van der Waals surface area (Å²) < 4.78 is 0. The first-order valence-corrected chi connectivity index (χ1v) is 9.93. The maximum atomic E-state index is 13.4. The fraction of sp³-hybridized carbons (Fsp3) is 0.333. The van der Waals surface area contributed by atoms with Crippen molar-refractivity contribution < 1.29 is 9.59 Å². The number of likely N-dealkylation sites (tertiary alicyclic amines) is 1. The van der Waals surface area contributed by atoms with Crippen molar-refractivity contribution in [3.63, 3.8) is 0 Å². The minimum absolute atomic E-state index is 0.192. The van der Waals surface area contributed by atoms with Gasteiger partial charge in [0.15, 0.2) is 0 Å². The number of para-hydroxylation sites is 1. The number of rotatable bonds is 3. The van der Waals surface area contributed by atoms with Gasteiger partial charge in [0.2, 0.25) is 0 Å². The van der Waals surface area contributed by atoms with Crippen LogP contribution < -0.4 is 4.90 Å². The summed E-state index contributed by atoms with van der Waals surface area (Å²) >= 11 is 1.51. The van der Waals surface area contributed by atoms with Crippen molar-refractivity contribution in [2.45, 2.75) is 26.7 Å². The summed E-state index contributed by atoms with van der Waals surface area (Å²) in [5.74, 6) is 0.263. The normalized spacial score (nSPS) is 19.0. The van der Waals surface area contributed by atoms with E-state index in [0.717, 1.165) is 36.4 Å². The van der Waals surface area contributed by atoms with Gasteiger partial charge in [-0.1, -0.05) is 31.2 Å². The molecule has 0 radical (unpaired) electrons. The first-order chi connectivity index (χ1) is 12.6. The highest BCUT2D eigenvalue weighted by Crippen LogP contribution is 2.38. The minimum atomic E-state index is -0.208. The summed E-state index contributed by atoms with van der Waals surface area (Å²) in [6.07, 6.45) is 2.10. The zero-order chi connectivity index (χ0) is 18.3. The average molecular weight is 366 g/mol. The summed E-state index contributed by atoms with van der Waals surface area (Å²) in [7, 11) is 0. The van der Waals surface area contributed by atoms with Crippen LogP contribution >= 0.6 is 11.3 Å². The van der Waals surface area contributed by atoms with Gasteiger partial charge in [-0.25, -0.2) is 4.90 Å². The molecular weight excluding hydrogens is 344 g/mol. The molecule has 0 spiro atoms. The molecule has 1 aromatic carbocycles. The summed E-state index contributed by atoms with van der Waals surface area (Å²) in [5, 5.41) is 1.95. The van der Waals surface area contributed by atoms with Crippen LogP contribution in [0, 0.1) is 12.8 Å². The number of piperidine rings is 1. The third-order valence-corrected chi connectivity index (χ3v) is 6.17. The van der Waals surface area contributed by atoms with Crippen molar-refractivity contribution in [3.8, 4) is 0 Å². The number of nitrogens with zero attached hydrogens (tertiary/aromatic N) is 2. The molecule has 0 atom stereocenters. The number of anilines is 1. The highest BCUT2D eigenvalue weighted by Gasteiger charge is 2.43. The maximum absolute atomic E-state index is 13.4. The Bertz CT molecular complexity index is 877. The molecule has 0 bridgehead atoms. The number of imide groups is 1. The fourth-order valence-electron chi connectivity index (χ4n) is 3.72. The Kier molecular flexibility index (Phi) is 4.41. The Morgan fingerprint density at radius 1 is 1.00 bits per heavy atom. The number of hydrogen-bond acceptors (Lipinski definition) is 4. The van der Waals surface area contributed by atoms with Gasteiger partial charge in [-0.15, -0.1) is 11.3 Å². The van der Waals surface area contributed by atoms with Gasteiger partial charge in [0.25, 0.3) is 11.8 Å². The number of carbonyl (C=O) groups is 2. The Balaban J connectivity index is 1.80. The quantitative estimate of drug-likeness (QED) is 0.769. The largest absolute Gasteiger partial charge is 0.366 e. The van der Waals surface area contributed by atoms with Crippen molar-refractivity contribution in [2.75, 3.05) is 18.0 Å². The van der Waals surface area contributed by atoms with E-state index in [2.05, 4.69) is 11.8 Å². The molecule has 2 aliphatic rings. The third-order valence-electron chi connectivity index (χ3n) is 5.28. The number of benzene rings is 1. The first-order valence-electron chi connectivity index (χ1n) is 9.05. The molecule has 3 heterocycles. The van der Waals surface area contributed by atoms with Crippen LogP contribution in [0.1, 0.15) is 30.2 Å². The Labute approximate surface area is 157 Å². The minimum Gasteiger partial charge on any atom is -0.366 e. The lowest BCUT2D eigenvalue weighted by molar-refractivity contribution is -0.120. The molecule has 0 aliphatic carbocycles. The van der Waals surface area contributed by atoms with E-state index in [1.165, 1.54) is 16.2 Å². The molecule has 0 unspecified atom stereocenters. The summed E-state index contributed by atoms with van der Waals surface area (Å²) in [5.41, 5.74) is 2.74. The van der Waals surface area contributed by atoms with Crippen molar-refractivity contribution in [1.82, 2.24) is 4.90 Å². The van der Waals surface area contributed by atoms with Crippen molar-refractivity contribution in [2.24, 2.45) is 5.92 Å². The van der Waals surface area contributed by atoms with Gasteiger partial charge >= 0.3 is 0 Å². The lowest BCUT2D eigenvalue weighted by Gasteiger charge is -2.32. The van der Waals surface area contributed by atoms with E-state index in [0.29, 0.717) is 22.9 Å². The maximum Gasteiger partial charge on any atom is 0.282 e. The molecule has 2 aromatic rings. The van der Waals surface area contributed by atoms with E-state index >= 15 is 0 Å². The van der Waals surface area contributed by atoms with Gasteiger partial charge in [-0.3, -0.25) is 9.59 Å². The van der Waals surface area contributed by atoms with Crippen LogP contribution in [0.4, 0.5) is 5.69 Å². The second kappa shape index (κ2) is 6.72. The van der Waals surface area contributed by atoms with Gasteiger partial charge in [0.1, 0.15) is 5.70 Å². The lowest BCUT2D eigenvalue weighted by atomic mass is 9.98. The fourth-order valence-corrected chi connectivity index (χ4v) is 4.48. The van der Waals surface area contributed by atoms with Crippen molar-refractivity contribution >= 4 is 34.4 Å². The van der Waals surface area contributed by atoms with Gasteiger partial charge in [-0.2, -0.15) is 0 Å². The molecule has 5 heteroatoms. The van der Waals surface area contributed by atoms with E-state index in [4.69, 9.17) is 0 Å². The monoisotopic (exact) mass is 366 g/mol. The predicted octanol–water partition coefficient (Wildman–Crippen LogP) is 4.07. The van der Waals surface area contributed by atoms with Crippen LogP contribution in [0.15, 0.2) is 47.5 Å². The SMILES string of the molecule is Cc1ccccc1N1C(=O)C(c2cccs2)=C(N2CCC(C)CC2)C1=O. The molecule has 1 aromatic heterocycles. The van der Waals surface area contributed by atoms with Gasteiger partial charge in [-0.05, 0) is 48.8 Å². The molecule has 2 aliphatic heterocycles. The van der Waals surface area contributed by atoms with E-state index in [1.807, 2.05) is 48.7 Å². The second-order valence-electron chi connectivity index (χ2n) is 7.10. The standard InChI is InChI=1S/C21H22N2O2S/c1-14-9-11-22(12-10-14)19-18(17-8-5-13-26-17)20(24)23(21(19)25)16-7-4-3-6-15(16)2/h3-8,13-14H,9-12H2,1-2H3. The van der Waals surface area contributed by atoms with Crippen LogP contribution in [-0.4, -0.2) is 29.8 Å². The van der Waals surface area contributed by atoms with Crippen LogP contribution in [0.2, 0.25) is 0 Å². The predicted molar refractivity (Wildman–Crippen MR) is 105 cm³/mol. The Morgan fingerprint density at radius 2 is 1.73 bits per heavy atom. The topological polar surface area (TPSA) is 40.6 Å². The summed E-state index contributed by atoms with van der Waals surface area (Å²) in [6.45, 7) is 5.83. The molecule has 0 N–H and O–H groups in total. The Hall–Kier alpha value is -2.40. The smallest absolute Gasteiger partial charge is 0.282 e. The molecule has 26 heavy (non-hydrogen) atoms. The number of aryl methyl sites for hydroxylation is 1. The van der Waals surface area contributed by atoms with Crippen molar-refractivity contribution in [1.29, 1.82) is 0 Å². The van der Waals surface area contributed by atoms with E-state index in [-0.39, 0.29) is 11.8 Å². The van der Waals surface area contributed by atoms with Gasteiger partial charge in [0.05, 0.1) is 11.3 Å². The molecule has 0 saturated carbocycles. The molecule has 1 saturated heterocycles. The highest BCUT2D eigenvalue weighted by atomic mass is 32.1. The van der Waals surface area contributed by atoms with Crippen LogP contribution in [0.3, 0.4) is 0 Å². The first kappa shape index (κ1) is 17.0. The van der Waals surface area contributed by atoms with Crippen LogP contribution in [0.5, 0.6) is 0 Å². The number of carbonyl (C=O) groups excluding carboxylic acids is 2. The molecule has 4 rings (SSSR count). The molecule has 1 fully saturated rings. The molecule has 134 valence electrons. The second-order valence-corrected chi connectivity index (χ2v) is 8.05. The molecule has 4 nitrogen and oxygen atoms in total. The van der Waals surface area contributed by atoms with Crippen LogP contribution in [0.25, 0.3) is 5.57 Å². The Morgan fingerprint density at radius 3 is 2.38 bits per heavy atom. The van der Waals surface area contributed by atoms with Crippen LogP contribution in [-0.2, 0) is 9.59 Å². The van der Waals surface area contributed by atoms with E-state index in [9.17, 15) is 9.59 Å². The number of thiophene rings is 1. The molecule has 2 amide bonds. The highest BCUT2D eigenvalue weighted by molar-refractivity contribution is 7.11. The van der Waals surface area contributed by atoms with Gasteiger partial charge in [0, 0.05) is 18.0 Å². The average Bonchev–Trinajstić information content (AvgIpc) is 3.23. The number of hydrogen-bond donors (Lipinski definition) is 0. The summed E-state index contributed by atoms with van der Waals surface area (Å²) in [4.78, 5) is 31.0.